The number of hydrogen-bond acceptors (Lipinski definition) is 3. The minimum atomic E-state index is -0.148. The fraction of sp³-hybridized carbons (Fsp3) is 0.360. The molecule has 7 heteroatoms. The van der Waals surface area contributed by atoms with Crippen molar-refractivity contribution in [1.29, 1.82) is 0 Å². The van der Waals surface area contributed by atoms with Crippen molar-refractivity contribution in [3.05, 3.63) is 64.8 Å². The average Bonchev–Trinajstić information content (AvgIpc) is 3.25. The molecule has 2 N–H and O–H groups in total. The van der Waals surface area contributed by atoms with Crippen LogP contribution in [0.3, 0.4) is 0 Å². The molecule has 3 aromatic rings. The van der Waals surface area contributed by atoms with Crippen molar-refractivity contribution < 1.29 is 14.3 Å². The van der Waals surface area contributed by atoms with Gasteiger partial charge in [0.1, 0.15) is 5.75 Å². The molecular formula is C25H28ClN3O3. The molecule has 1 fully saturated rings. The summed E-state index contributed by atoms with van der Waals surface area (Å²) in [6.07, 6.45) is 5.05. The number of hydrogen-bond donors (Lipinski definition) is 2. The summed E-state index contributed by atoms with van der Waals surface area (Å²) in [7, 11) is 1.68. The second kappa shape index (κ2) is 10.1. The molecule has 0 spiro atoms. The molecule has 32 heavy (non-hydrogen) atoms. The Morgan fingerprint density at radius 1 is 1.16 bits per heavy atom. The standard InChI is InChI=1S/C25H28ClN3O3/c1-32-20-8-9-23-21(15-20)22(16-28-23)17-10-13-29(14-11-17)24(30)3-2-12-27-25(31)18-4-6-19(26)7-5-18/h4-9,15-17,28H,2-3,10-14H2,1H3,(H,27,31). The average molecular weight is 454 g/mol. The number of carbonyl (C=O) groups is 2. The molecule has 0 unspecified atom stereocenters. The van der Waals surface area contributed by atoms with Crippen LogP contribution in [0.25, 0.3) is 10.9 Å². The van der Waals surface area contributed by atoms with Crippen LogP contribution in [-0.2, 0) is 4.79 Å². The number of ether oxygens (including phenoxy) is 1. The van der Waals surface area contributed by atoms with E-state index >= 15 is 0 Å². The number of rotatable bonds is 7. The summed E-state index contributed by atoms with van der Waals surface area (Å²) in [6, 6.07) is 12.8. The van der Waals surface area contributed by atoms with Crippen molar-refractivity contribution in [2.75, 3.05) is 26.7 Å². The van der Waals surface area contributed by atoms with Gasteiger partial charge in [0.2, 0.25) is 5.91 Å². The Hall–Kier alpha value is -2.99. The summed E-state index contributed by atoms with van der Waals surface area (Å²) >= 11 is 5.85. The van der Waals surface area contributed by atoms with Crippen molar-refractivity contribution in [3.63, 3.8) is 0 Å². The Kier molecular flexibility index (Phi) is 7.00. The molecule has 2 heterocycles. The number of fused-ring (bicyclic) bond motifs is 1. The second-order valence-electron chi connectivity index (χ2n) is 8.18. The van der Waals surface area contributed by atoms with Gasteiger partial charge < -0.3 is 19.9 Å². The van der Waals surface area contributed by atoms with Gasteiger partial charge in [-0.3, -0.25) is 9.59 Å². The van der Waals surface area contributed by atoms with Crippen molar-refractivity contribution in [2.24, 2.45) is 0 Å². The fourth-order valence-electron chi connectivity index (χ4n) is 4.33. The minimum absolute atomic E-state index is 0.148. The van der Waals surface area contributed by atoms with E-state index in [0.29, 0.717) is 35.9 Å². The van der Waals surface area contributed by atoms with Gasteiger partial charge in [0.25, 0.3) is 5.91 Å². The zero-order valence-corrected chi connectivity index (χ0v) is 19.0. The molecule has 2 aromatic carbocycles. The number of aromatic amines is 1. The molecule has 1 aliphatic heterocycles. The number of carbonyl (C=O) groups excluding carboxylic acids is 2. The van der Waals surface area contributed by atoms with Gasteiger partial charge >= 0.3 is 0 Å². The number of piperidine rings is 1. The lowest BCUT2D eigenvalue weighted by Gasteiger charge is -2.32. The summed E-state index contributed by atoms with van der Waals surface area (Å²) in [4.78, 5) is 30.0. The molecule has 0 aliphatic carbocycles. The first-order chi connectivity index (χ1) is 15.5. The van der Waals surface area contributed by atoms with Crippen LogP contribution in [0.1, 0.15) is 47.5 Å². The Bertz CT molecular complexity index is 1090. The lowest BCUT2D eigenvalue weighted by Crippen LogP contribution is -2.38. The maximum Gasteiger partial charge on any atom is 0.251 e. The quantitative estimate of drug-likeness (QED) is 0.507. The van der Waals surface area contributed by atoms with Gasteiger partial charge in [-0.05, 0) is 73.2 Å². The number of benzene rings is 2. The predicted molar refractivity (Wildman–Crippen MR) is 126 cm³/mol. The molecular weight excluding hydrogens is 426 g/mol. The Morgan fingerprint density at radius 3 is 2.62 bits per heavy atom. The number of nitrogens with one attached hydrogen (secondary N) is 2. The van der Waals surface area contributed by atoms with Crippen molar-refractivity contribution in [3.8, 4) is 5.75 Å². The molecule has 0 bridgehead atoms. The number of aromatic nitrogens is 1. The number of H-pyrrole nitrogens is 1. The summed E-state index contributed by atoms with van der Waals surface area (Å²) in [5.41, 5.74) is 2.98. The molecule has 4 rings (SSSR count). The number of amides is 2. The van der Waals surface area contributed by atoms with Crippen molar-refractivity contribution >= 4 is 34.3 Å². The van der Waals surface area contributed by atoms with Gasteiger partial charge in [0.15, 0.2) is 0 Å². The first kappa shape index (κ1) is 22.2. The van der Waals surface area contributed by atoms with Gasteiger partial charge in [-0.15, -0.1) is 0 Å². The SMILES string of the molecule is COc1ccc2[nH]cc(C3CCN(C(=O)CCCNC(=O)c4ccc(Cl)cc4)CC3)c2c1. The van der Waals surface area contributed by atoms with Crippen LogP contribution in [0.2, 0.25) is 5.02 Å². The van der Waals surface area contributed by atoms with E-state index in [2.05, 4.69) is 22.6 Å². The molecule has 1 aromatic heterocycles. The number of halogens is 1. The van der Waals surface area contributed by atoms with E-state index in [-0.39, 0.29) is 11.8 Å². The highest BCUT2D eigenvalue weighted by atomic mass is 35.5. The molecule has 2 amide bonds. The first-order valence-electron chi connectivity index (χ1n) is 11.0. The lowest BCUT2D eigenvalue weighted by molar-refractivity contribution is -0.132. The second-order valence-corrected chi connectivity index (χ2v) is 8.61. The molecule has 0 atom stereocenters. The summed E-state index contributed by atoms with van der Waals surface area (Å²) in [6.45, 7) is 2.00. The molecule has 1 saturated heterocycles. The van der Waals surface area contributed by atoms with E-state index in [9.17, 15) is 9.59 Å². The van der Waals surface area contributed by atoms with Gasteiger partial charge in [-0.1, -0.05) is 11.6 Å². The van der Waals surface area contributed by atoms with E-state index in [1.54, 1.807) is 31.4 Å². The normalized spacial score (nSPS) is 14.5. The highest BCUT2D eigenvalue weighted by molar-refractivity contribution is 6.30. The maximum atomic E-state index is 12.6. The third-order valence-corrected chi connectivity index (χ3v) is 6.42. The largest absolute Gasteiger partial charge is 0.497 e. The van der Waals surface area contributed by atoms with Gasteiger partial charge in [-0.2, -0.15) is 0 Å². The van der Waals surface area contributed by atoms with Gasteiger partial charge in [-0.25, -0.2) is 0 Å². The zero-order valence-electron chi connectivity index (χ0n) is 18.2. The van der Waals surface area contributed by atoms with E-state index in [4.69, 9.17) is 16.3 Å². The fourth-order valence-corrected chi connectivity index (χ4v) is 4.45. The van der Waals surface area contributed by atoms with Crippen LogP contribution >= 0.6 is 11.6 Å². The first-order valence-corrected chi connectivity index (χ1v) is 11.4. The highest BCUT2D eigenvalue weighted by Gasteiger charge is 2.25. The van der Waals surface area contributed by atoms with E-state index in [1.807, 2.05) is 17.0 Å². The number of nitrogens with zero attached hydrogens (tertiary/aromatic N) is 1. The van der Waals surface area contributed by atoms with E-state index < -0.39 is 0 Å². The predicted octanol–water partition coefficient (Wildman–Crippen LogP) is 4.75. The monoisotopic (exact) mass is 453 g/mol. The van der Waals surface area contributed by atoms with E-state index in [0.717, 1.165) is 37.2 Å². The Morgan fingerprint density at radius 2 is 1.91 bits per heavy atom. The summed E-state index contributed by atoms with van der Waals surface area (Å²) in [5, 5.41) is 4.66. The van der Waals surface area contributed by atoms with E-state index in [1.165, 1.54) is 10.9 Å². The van der Waals surface area contributed by atoms with Crippen LogP contribution in [0.5, 0.6) is 5.75 Å². The number of methoxy groups -OCH3 is 1. The maximum absolute atomic E-state index is 12.6. The van der Waals surface area contributed by atoms with Crippen molar-refractivity contribution in [1.82, 2.24) is 15.2 Å². The van der Waals surface area contributed by atoms with Gasteiger partial charge in [0.05, 0.1) is 7.11 Å². The molecule has 6 nitrogen and oxygen atoms in total. The Balaban J connectivity index is 1.22. The molecule has 0 radical (unpaired) electrons. The van der Waals surface area contributed by atoms with Crippen LogP contribution in [0, 0.1) is 0 Å². The minimum Gasteiger partial charge on any atom is -0.497 e. The smallest absolute Gasteiger partial charge is 0.251 e. The van der Waals surface area contributed by atoms with Gasteiger partial charge in [0, 0.05) is 53.7 Å². The lowest BCUT2D eigenvalue weighted by atomic mass is 9.89. The van der Waals surface area contributed by atoms with Crippen LogP contribution in [0.4, 0.5) is 0 Å². The number of likely N-dealkylation sites (tertiary alicyclic amines) is 1. The third kappa shape index (κ3) is 5.07. The topological polar surface area (TPSA) is 74.4 Å². The van der Waals surface area contributed by atoms with Crippen LogP contribution in [0.15, 0.2) is 48.7 Å². The van der Waals surface area contributed by atoms with Crippen LogP contribution < -0.4 is 10.1 Å². The zero-order chi connectivity index (χ0) is 22.5. The molecule has 1 aliphatic rings. The van der Waals surface area contributed by atoms with Crippen molar-refractivity contribution in [2.45, 2.75) is 31.6 Å². The van der Waals surface area contributed by atoms with Crippen LogP contribution in [-0.4, -0.2) is 48.4 Å². The summed E-state index contributed by atoms with van der Waals surface area (Å²) < 4.78 is 5.38. The molecule has 0 saturated carbocycles. The highest BCUT2D eigenvalue weighted by Crippen LogP contribution is 2.34. The Labute approximate surface area is 192 Å². The molecule has 168 valence electrons. The summed E-state index contributed by atoms with van der Waals surface area (Å²) in [5.74, 6) is 1.29. The third-order valence-electron chi connectivity index (χ3n) is 6.17.